The fourth-order valence-electron chi connectivity index (χ4n) is 3.40. The molecule has 0 spiro atoms. The van der Waals surface area contributed by atoms with Crippen LogP contribution >= 0.6 is 11.3 Å². The van der Waals surface area contributed by atoms with E-state index in [1.807, 2.05) is 13.8 Å². The molecule has 1 atom stereocenters. The van der Waals surface area contributed by atoms with E-state index < -0.39 is 0 Å². The molecular weight excluding hydrogens is 308 g/mol. The van der Waals surface area contributed by atoms with E-state index in [0.29, 0.717) is 6.04 Å². The molecule has 23 heavy (non-hydrogen) atoms. The topological polar surface area (TPSA) is 58.1 Å². The van der Waals surface area contributed by atoms with Crippen LogP contribution in [0.25, 0.3) is 10.2 Å². The molecule has 2 aromatic heterocycles. The molecule has 1 fully saturated rings. The van der Waals surface area contributed by atoms with Crippen LogP contribution in [-0.4, -0.2) is 39.9 Å². The first-order chi connectivity index (χ1) is 11.2. The second-order valence-corrected chi connectivity index (χ2v) is 7.04. The normalized spacial score (nSPS) is 18.4. The van der Waals surface area contributed by atoms with Crippen LogP contribution in [0.1, 0.15) is 54.8 Å². The van der Waals surface area contributed by atoms with E-state index in [4.69, 9.17) is 0 Å². The number of thiophene rings is 1. The van der Waals surface area contributed by atoms with Gasteiger partial charge in [0.25, 0.3) is 5.91 Å². The van der Waals surface area contributed by atoms with Gasteiger partial charge in [-0.05, 0) is 45.1 Å². The van der Waals surface area contributed by atoms with E-state index in [1.54, 1.807) is 6.33 Å². The van der Waals surface area contributed by atoms with Gasteiger partial charge in [-0.3, -0.25) is 4.79 Å². The number of carbonyl (C=O) groups is 1. The SMILES string of the molecule is CCNc1ncnc2sc(C(=O)N3CCCCC3CC)c(C)c12. The third-order valence-electron chi connectivity index (χ3n) is 4.62. The van der Waals surface area contributed by atoms with Crippen molar-refractivity contribution in [1.29, 1.82) is 0 Å². The van der Waals surface area contributed by atoms with E-state index in [0.717, 1.165) is 58.8 Å². The minimum absolute atomic E-state index is 0.166. The highest BCUT2D eigenvalue weighted by molar-refractivity contribution is 7.20. The van der Waals surface area contributed by atoms with Crippen molar-refractivity contribution in [1.82, 2.24) is 14.9 Å². The van der Waals surface area contributed by atoms with E-state index in [2.05, 4.69) is 27.1 Å². The summed E-state index contributed by atoms with van der Waals surface area (Å²) in [5.74, 6) is 0.996. The maximum absolute atomic E-state index is 13.1. The number of likely N-dealkylation sites (tertiary alicyclic amines) is 1. The Hall–Kier alpha value is -1.69. The number of anilines is 1. The van der Waals surface area contributed by atoms with Gasteiger partial charge in [0, 0.05) is 19.1 Å². The van der Waals surface area contributed by atoms with Crippen LogP contribution in [0.4, 0.5) is 5.82 Å². The lowest BCUT2D eigenvalue weighted by molar-refractivity contribution is 0.0612. The minimum Gasteiger partial charge on any atom is -0.370 e. The minimum atomic E-state index is 0.166. The van der Waals surface area contributed by atoms with Gasteiger partial charge in [-0.2, -0.15) is 0 Å². The van der Waals surface area contributed by atoms with Crippen LogP contribution in [0, 0.1) is 6.92 Å². The molecule has 1 aliphatic heterocycles. The number of nitrogens with one attached hydrogen (secondary N) is 1. The molecule has 1 aliphatic rings. The molecule has 2 aromatic rings. The predicted molar refractivity (Wildman–Crippen MR) is 95.3 cm³/mol. The number of nitrogens with zero attached hydrogens (tertiary/aromatic N) is 3. The van der Waals surface area contributed by atoms with Gasteiger partial charge in [-0.1, -0.05) is 6.92 Å². The van der Waals surface area contributed by atoms with Crippen LogP contribution in [0.15, 0.2) is 6.33 Å². The Balaban J connectivity index is 2.01. The summed E-state index contributed by atoms with van der Waals surface area (Å²) in [6, 6.07) is 0.375. The molecule has 1 amide bonds. The first-order valence-corrected chi connectivity index (χ1v) is 9.27. The van der Waals surface area contributed by atoms with Crippen molar-refractivity contribution in [3.63, 3.8) is 0 Å². The molecule has 1 saturated heterocycles. The summed E-state index contributed by atoms with van der Waals surface area (Å²) in [6.07, 6.45) is 6.05. The standard InChI is InChI=1S/C17H24N4OS/c1-4-12-8-6-7-9-21(12)17(22)14-11(3)13-15(18-5-2)19-10-20-16(13)23-14/h10,12H,4-9H2,1-3H3,(H,18,19,20). The first-order valence-electron chi connectivity index (χ1n) is 8.46. The quantitative estimate of drug-likeness (QED) is 0.924. The first kappa shape index (κ1) is 16.2. The zero-order chi connectivity index (χ0) is 16.4. The molecule has 0 bridgehead atoms. The number of piperidine rings is 1. The fraction of sp³-hybridized carbons (Fsp3) is 0.588. The summed E-state index contributed by atoms with van der Waals surface area (Å²) in [7, 11) is 0. The number of hydrogen-bond acceptors (Lipinski definition) is 5. The molecular formula is C17H24N4OS. The third kappa shape index (κ3) is 2.92. The van der Waals surface area contributed by atoms with Gasteiger partial charge >= 0.3 is 0 Å². The van der Waals surface area contributed by atoms with E-state index >= 15 is 0 Å². The summed E-state index contributed by atoms with van der Waals surface area (Å²) in [6.45, 7) is 7.90. The second-order valence-electron chi connectivity index (χ2n) is 6.05. The van der Waals surface area contributed by atoms with Crippen LogP contribution in [0.5, 0.6) is 0 Å². The maximum Gasteiger partial charge on any atom is 0.264 e. The molecule has 3 heterocycles. The zero-order valence-corrected chi connectivity index (χ0v) is 14.9. The van der Waals surface area contributed by atoms with Crippen molar-refractivity contribution in [2.45, 2.75) is 52.5 Å². The van der Waals surface area contributed by atoms with Crippen LogP contribution in [0.2, 0.25) is 0 Å². The van der Waals surface area contributed by atoms with Gasteiger partial charge in [0.05, 0.1) is 10.3 Å². The molecule has 6 heteroatoms. The van der Waals surface area contributed by atoms with Gasteiger partial charge in [0.15, 0.2) is 0 Å². The number of aryl methyl sites for hydroxylation is 1. The van der Waals surface area contributed by atoms with Gasteiger partial charge in [0.2, 0.25) is 0 Å². The Morgan fingerprint density at radius 1 is 1.39 bits per heavy atom. The molecule has 5 nitrogen and oxygen atoms in total. The number of fused-ring (bicyclic) bond motifs is 1. The van der Waals surface area contributed by atoms with E-state index in [-0.39, 0.29) is 5.91 Å². The maximum atomic E-state index is 13.1. The highest BCUT2D eigenvalue weighted by Crippen LogP contribution is 2.35. The summed E-state index contributed by atoms with van der Waals surface area (Å²) in [5.41, 5.74) is 1.01. The van der Waals surface area contributed by atoms with E-state index in [1.165, 1.54) is 17.8 Å². The number of amides is 1. The number of hydrogen-bond donors (Lipinski definition) is 1. The molecule has 0 radical (unpaired) electrons. The molecule has 0 aromatic carbocycles. The monoisotopic (exact) mass is 332 g/mol. The average Bonchev–Trinajstić information content (AvgIpc) is 2.92. The van der Waals surface area contributed by atoms with Crippen molar-refractivity contribution in [2.75, 3.05) is 18.4 Å². The van der Waals surface area contributed by atoms with Crippen LogP contribution in [0.3, 0.4) is 0 Å². The van der Waals surface area contributed by atoms with Crippen molar-refractivity contribution in [3.8, 4) is 0 Å². The summed E-state index contributed by atoms with van der Waals surface area (Å²) >= 11 is 1.50. The molecule has 124 valence electrons. The Labute approximate surface area is 141 Å². The predicted octanol–water partition coefficient (Wildman–Crippen LogP) is 3.84. The number of carbonyl (C=O) groups excluding carboxylic acids is 1. The van der Waals surface area contributed by atoms with Gasteiger partial charge < -0.3 is 10.2 Å². The van der Waals surface area contributed by atoms with E-state index in [9.17, 15) is 4.79 Å². The molecule has 0 aliphatic carbocycles. The Bertz CT molecular complexity index is 712. The number of aromatic nitrogens is 2. The lowest BCUT2D eigenvalue weighted by atomic mass is 9.99. The van der Waals surface area contributed by atoms with Gasteiger partial charge in [-0.15, -0.1) is 11.3 Å². The third-order valence-corrected chi connectivity index (χ3v) is 5.81. The van der Waals surface area contributed by atoms with Crippen molar-refractivity contribution >= 4 is 33.3 Å². The molecule has 0 saturated carbocycles. The highest BCUT2D eigenvalue weighted by Gasteiger charge is 2.29. The lowest BCUT2D eigenvalue weighted by Crippen LogP contribution is -2.43. The summed E-state index contributed by atoms with van der Waals surface area (Å²) < 4.78 is 0. The lowest BCUT2D eigenvalue weighted by Gasteiger charge is -2.35. The summed E-state index contributed by atoms with van der Waals surface area (Å²) in [4.78, 5) is 25.6. The van der Waals surface area contributed by atoms with Gasteiger partial charge in [0.1, 0.15) is 17.0 Å². The smallest absolute Gasteiger partial charge is 0.264 e. The Kier molecular flexibility index (Phi) is 4.80. The largest absolute Gasteiger partial charge is 0.370 e. The molecule has 1 N–H and O–H groups in total. The second kappa shape index (κ2) is 6.83. The molecule has 1 unspecified atom stereocenters. The highest BCUT2D eigenvalue weighted by atomic mass is 32.1. The Morgan fingerprint density at radius 3 is 2.96 bits per heavy atom. The average molecular weight is 332 g/mol. The van der Waals surface area contributed by atoms with Crippen LogP contribution < -0.4 is 5.32 Å². The zero-order valence-electron chi connectivity index (χ0n) is 14.1. The van der Waals surface area contributed by atoms with Crippen molar-refractivity contribution < 1.29 is 4.79 Å². The van der Waals surface area contributed by atoms with Crippen molar-refractivity contribution in [3.05, 3.63) is 16.8 Å². The Morgan fingerprint density at radius 2 is 2.22 bits per heavy atom. The van der Waals surface area contributed by atoms with Crippen LogP contribution in [-0.2, 0) is 0 Å². The van der Waals surface area contributed by atoms with Gasteiger partial charge in [-0.25, -0.2) is 9.97 Å². The number of rotatable bonds is 4. The summed E-state index contributed by atoms with van der Waals surface area (Å²) in [5, 5.41) is 4.27. The molecule has 3 rings (SSSR count). The fourth-order valence-corrected chi connectivity index (χ4v) is 4.50. The van der Waals surface area contributed by atoms with Crippen molar-refractivity contribution in [2.24, 2.45) is 0 Å².